The second kappa shape index (κ2) is 4.73. The van der Waals surface area contributed by atoms with Gasteiger partial charge in [-0.3, -0.25) is 4.98 Å². The van der Waals surface area contributed by atoms with Crippen LogP contribution in [-0.2, 0) is 5.41 Å². The lowest BCUT2D eigenvalue weighted by Gasteiger charge is -2.35. The van der Waals surface area contributed by atoms with Crippen molar-refractivity contribution in [1.82, 2.24) is 4.98 Å². The molecule has 1 aliphatic rings. The SMILES string of the molecule is Cc1ccc(-c2cc3c(cn2)C(C)(C)CCC3C)cc1. The van der Waals surface area contributed by atoms with Crippen molar-refractivity contribution >= 4 is 0 Å². The fraction of sp³-hybridized carbons (Fsp3) is 0.421. The zero-order chi connectivity index (χ0) is 14.3. The summed E-state index contributed by atoms with van der Waals surface area (Å²) in [6.07, 6.45) is 4.64. The van der Waals surface area contributed by atoms with E-state index in [0.29, 0.717) is 5.92 Å². The number of benzene rings is 1. The fourth-order valence-corrected chi connectivity index (χ4v) is 3.19. The summed E-state index contributed by atoms with van der Waals surface area (Å²) < 4.78 is 0. The highest BCUT2D eigenvalue weighted by molar-refractivity contribution is 5.61. The smallest absolute Gasteiger partial charge is 0.0705 e. The lowest BCUT2D eigenvalue weighted by atomic mass is 9.70. The van der Waals surface area contributed by atoms with Gasteiger partial charge >= 0.3 is 0 Å². The zero-order valence-corrected chi connectivity index (χ0v) is 12.9. The van der Waals surface area contributed by atoms with Crippen LogP contribution in [0.3, 0.4) is 0 Å². The third kappa shape index (κ3) is 2.26. The molecular formula is C19H23N. The van der Waals surface area contributed by atoms with Crippen LogP contribution in [0.5, 0.6) is 0 Å². The van der Waals surface area contributed by atoms with Gasteiger partial charge in [0, 0.05) is 11.8 Å². The van der Waals surface area contributed by atoms with Crippen molar-refractivity contribution in [2.45, 2.75) is 51.9 Å². The van der Waals surface area contributed by atoms with E-state index in [2.05, 4.69) is 64.2 Å². The molecular weight excluding hydrogens is 242 g/mol. The topological polar surface area (TPSA) is 12.9 Å². The molecule has 0 radical (unpaired) electrons. The maximum Gasteiger partial charge on any atom is 0.0705 e. The van der Waals surface area contributed by atoms with Gasteiger partial charge < -0.3 is 0 Å². The standard InChI is InChI=1S/C19H23N/c1-13-5-7-15(8-6-13)18-11-16-14(2)9-10-19(3,4)17(16)12-20-18/h5-8,11-12,14H,9-10H2,1-4H3. The van der Waals surface area contributed by atoms with Crippen LogP contribution in [0.4, 0.5) is 0 Å². The van der Waals surface area contributed by atoms with Crippen molar-refractivity contribution in [3.63, 3.8) is 0 Å². The van der Waals surface area contributed by atoms with Crippen molar-refractivity contribution in [3.05, 3.63) is 53.2 Å². The summed E-state index contributed by atoms with van der Waals surface area (Å²) in [5.41, 5.74) is 6.81. The number of rotatable bonds is 1. The minimum Gasteiger partial charge on any atom is -0.256 e. The van der Waals surface area contributed by atoms with Crippen LogP contribution >= 0.6 is 0 Å². The number of hydrogen-bond donors (Lipinski definition) is 0. The molecule has 1 nitrogen and oxygen atoms in total. The summed E-state index contributed by atoms with van der Waals surface area (Å²) in [6, 6.07) is 11.0. The van der Waals surface area contributed by atoms with Gasteiger partial charge in [-0.25, -0.2) is 0 Å². The third-order valence-corrected chi connectivity index (χ3v) is 4.75. The lowest BCUT2D eigenvalue weighted by molar-refractivity contribution is 0.401. The first-order chi connectivity index (χ1) is 9.47. The van der Waals surface area contributed by atoms with E-state index < -0.39 is 0 Å². The third-order valence-electron chi connectivity index (χ3n) is 4.75. The molecule has 1 atom stereocenters. The van der Waals surface area contributed by atoms with Crippen LogP contribution in [0.1, 0.15) is 56.2 Å². The van der Waals surface area contributed by atoms with Gasteiger partial charge in [0.15, 0.2) is 0 Å². The van der Waals surface area contributed by atoms with Crippen LogP contribution in [-0.4, -0.2) is 4.98 Å². The summed E-state index contributed by atoms with van der Waals surface area (Å²) in [7, 11) is 0. The van der Waals surface area contributed by atoms with Crippen LogP contribution < -0.4 is 0 Å². The summed E-state index contributed by atoms with van der Waals surface area (Å²) in [6.45, 7) is 9.14. The maximum atomic E-state index is 4.72. The van der Waals surface area contributed by atoms with E-state index >= 15 is 0 Å². The van der Waals surface area contributed by atoms with E-state index in [0.717, 1.165) is 5.69 Å². The largest absolute Gasteiger partial charge is 0.256 e. The maximum absolute atomic E-state index is 4.72. The Morgan fingerprint density at radius 3 is 2.55 bits per heavy atom. The average molecular weight is 265 g/mol. The van der Waals surface area contributed by atoms with Gasteiger partial charge in [-0.1, -0.05) is 50.6 Å². The predicted molar refractivity (Wildman–Crippen MR) is 85.1 cm³/mol. The second-order valence-corrected chi connectivity index (χ2v) is 6.85. The minimum absolute atomic E-state index is 0.265. The second-order valence-electron chi connectivity index (χ2n) is 6.85. The summed E-state index contributed by atoms with van der Waals surface area (Å²) in [5.74, 6) is 0.644. The number of nitrogens with zero attached hydrogens (tertiary/aromatic N) is 1. The number of hydrogen-bond acceptors (Lipinski definition) is 1. The molecule has 1 heterocycles. The van der Waals surface area contributed by atoms with Crippen molar-refractivity contribution in [1.29, 1.82) is 0 Å². The quantitative estimate of drug-likeness (QED) is 0.688. The van der Waals surface area contributed by atoms with Gasteiger partial charge in [0.05, 0.1) is 5.69 Å². The minimum atomic E-state index is 0.265. The molecule has 1 heteroatoms. The lowest BCUT2D eigenvalue weighted by Crippen LogP contribution is -2.25. The van der Waals surface area contributed by atoms with Gasteiger partial charge in [-0.15, -0.1) is 0 Å². The van der Waals surface area contributed by atoms with E-state index in [9.17, 15) is 0 Å². The van der Waals surface area contributed by atoms with Crippen molar-refractivity contribution in [2.24, 2.45) is 0 Å². The molecule has 2 aromatic rings. The van der Waals surface area contributed by atoms with Crippen LogP contribution in [0.2, 0.25) is 0 Å². The molecule has 0 N–H and O–H groups in total. The Labute approximate surface area is 122 Å². The van der Waals surface area contributed by atoms with Crippen LogP contribution in [0.25, 0.3) is 11.3 Å². The molecule has 1 unspecified atom stereocenters. The Morgan fingerprint density at radius 2 is 1.85 bits per heavy atom. The molecule has 0 amide bonds. The Hall–Kier alpha value is -1.63. The van der Waals surface area contributed by atoms with Gasteiger partial charge in [0.25, 0.3) is 0 Å². The monoisotopic (exact) mass is 265 g/mol. The van der Waals surface area contributed by atoms with Crippen LogP contribution in [0, 0.1) is 6.92 Å². The average Bonchev–Trinajstić information content (AvgIpc) is 2.44. The summed E-state index contributed by atoms with van der Waals surface area (Å²) in [5, 5.41) is 0. The number of aromatic nitrogens is 1. The van der Waals surface area contributed by atoms with Gasteiger partial charge in [0.2, 0.25) is 0 Å². The number of pyridine rings is 1. The van der Waals surface area contributed by atoms with Crippen LogP contribution in [0.15, 0.2) is 36.5 Å². The molecule has 1 aromatic carbocycles. The normalized spacial score (nSPS) is 20.5. The molecule has 0 bridgehead atoms. The molecule has 0 spiro atoms. The first-order valence-electron chi connectivity index (χ1n) is 7.55. The molecule has 0 fully saturated rings. The summed E-state index contributed by atoms with van der Waals surface area (Å²) >= 11 is 0. The van der Waals surface area contributed by atoms with E-state index in [-0.39, 0.29) is 5.41 Å². The van der Waals surface area contributed by atoms with Gasteiger partial charge in [0.1, 0.15) is 0 Å². The Balaban J connectivity index is 2.08. The molecule has 20 heavy (non-hydrogen) atoms. The zero-order valence-electron chi connectivity index (χ0n) is 12.9. The molecule has 1 aliphatic carbocycles. The first kappa shape index (κ1) is 13.4. The molecule has 0 saturated heterocycles. The Morgan fingerprint density at radius 1 is 1.15 bits per heavy atom. The van der Waals surface area contributed by atoms with Crippen molar-refractivity contribution < 1.29 is 0 Å². The first-order valence-corrected chi connectivity index (χ1v) is 7.55. The van der Waals surface area contributed by atoms with Crippen molar-refractivity contribution in [2.75, 3.05) is 0 Å². The number of fused-ring (bicyclic) bond motifs is 1. The van der Waals surface area contributed by atoms with E-state index in [1.807, 2.05) is 0 Å². The molecule has 0 saturated carbocycles. The van der Waals surface area contributed by atoms with E-state index in [1.54, 1.807) is 0 Å². The molecule has 1 aromatic heterocycles. The van der Waals surface area contributed by atoms with E-state index in [1.165, 1.54) is 35.1 Å². The van der Waals surface area contributed by atoms with Crippen molar-refractivity contribution in [3.8, 4) is 11.3 Å². The van der Waals surface area contributed by atoms with E-state index in [4.69, 9.17) is 4.98 Å². The highest BCUT2D eigenvalue weighted by atomic mass is 14.7. The van der Waals surface area contributed by atoms with Gasteiger partial charge in [-0.2, -0.15) is 0 Å². The molecule has 0 aliphatic heterocycles. The Kier molecular flexibility index (Phi) is 3.16. The predicted octanol–water partition coefficient (Wildman–Crippen LogP) is 5.23. The summed E-state index contributed by atoms with van der Waals surface area (Å²) in [4.78, 5) is 4.72. The van der Waals surface area contributed by atoms with Gasteiger partial charge in [-0.05, 0) is 48.3 Å². The number of aryl methyl sites for hydroxylation is 1. The Bertz CT molecular complexity index is 623. The molecule has 104 valence electrons. The fourth-order valence-electron chi connectivity index (χ4n) is 3.19. The molecule has 3 rings (SSSR count). The highest BCUT2D eigenvalue weighted by Gasteiger charge is 2.31. The highest BCUT2D eigenvalue weighted by Crippen LogP contribution is 2.42.